The summed E-state index contributed by atoms with van der Waals surface area (Å²) in [6.45, 7) is 2.76. The first kappa shape index (κ1) is 21.9. The molecule has 2 rings (SSSR count). The number of Topliss-reactive ketones (excluding diaryl/α,β-unsaturated/α-hetero) is 1. The lowest BCUT2D eigenvalue weighted by atomic mass is 10.1. The number of ether oxygens (including phenoxy) is 1. The Hall–Kier alpha value is -2.42. The molecule has 0 aliphatic heterocycles. The van der Waals surface area contributed by atoms with Crippen molar-refractivity contribution in [2.24, 2.45) is 0 Å². The van der Waals surface area contributed by atoms with Crippen molar-refractivity contribution in [3.05, 3.63) is 52.5 Å². The predicted octanol–water partition coefficient (Wildman–Crippen LogP) is 3.12. The van der Waals surface area contributed by atoms with Gasteiger partial charge in [0, 0.05) is 24.8 Å². The van der Waals surface area contributed by atoms with E-state index >= 15 is 0 Å². The molecule has 0 unspecified atom stereocenters. The summed E-state index contributed by atoms with van der Waals surface area (Å²) in [5.74, 6) is -0.491. The van der Waals surface area contributed by atoms with E-state index in [1.165, 1.54) is 45.3 Å². The van der Waals surface area contributed by atoms with Crippen molar-refractivity contribution in [3.8, 4) is 5.75 Å². The molecule has 0 aliphatic rings. The van der Waals surface area contributed by atoms with Crippen LogP contribution in [0.15, 0.2) is 41.3 Å². The Morgan fingerprint density at radius 3 is 2.43 bits per heavy atom. The number of nitrogens with zero attached hydrogens (tertiary/aromatic N) is 1. The number of halogens is 1. The molecule has 0 saturated carbocycles. The number of anilines is 1. The van der Waals surface area contributed by atoms with E-state index < -0.39 is 15.9 Å². The number of sulfonamides is 1. The quantitative estimate of drug-likeness (QED) is 0.689. The van der Waals surface area contributed by atoms with Crippen molar-refractivity contribution in [2.75, 3.05) is 26.0 Å². The lowest BCUT2D eigenvalue weighted by molar-refractivity contribution is -0.118. The van der Waals surface area contributed by atoms with Crippen molar-refractivity contribution in [2.45, 2.75) is 18.7 Å². The topological polar surface area (TPSA) is 92.8 Å². The SMILES string of the molecule is CC(=O)c1cc(Cl)ccc1OCC(=O)Nc1cc(S(=O)(=O)N(C)C)ccc1C. The Labute approximate surface area is 169 Å². The monoisotopic (exact) mass is 424 g/mol. The van der Waals surface area contributed by atoms with Crippen molar-refractivity contribution in [1.29, 1.82) is 0 Å². The fraction of sp³-hybridized carbons (Fsp3) is 0.263. The van der Waals surface area contributed by atoms with Crippen LogP contribution in [-0.4, -0.2) is 45.1 Å². The van der Waals surface area contributed by atoms with E-state index in [9.17, 15) is 18.0 Å². The molecule has 0 radical (unpaired) electrons. The Balaban J connectivity index is 2.15. The van der Waals surface area contributed by atoms with E-state index in [1.54, 1.807) is 19.1 Å². The minimum Gasteiger partial charge on any atom is -0.483 e. The van der Waals surface area contributed by atoms with Gasteiger partial charge < -0.3 is 10.1 Å². The number of aryl methyl sites for hydroxylation is 1. The second kappa shape index (κ2) is 8.72. The van der Waals surface area contributed by atoms with E-state index in [-0.39, 0.29) is 28.6 Å². The molecule has 9 heteroatoms. The first-order valence-corrected chi connectivity index (χ1v) is 10.1. The van der Waals surface area contributed by atoms with Gasteiger partial charge in [-0.05, 0) is 49.7 Å². The van der Waals surface area contributed by atoms with Crippen LogP contribution in [0.1, 0.15) is 22.8 Å². The summed E-state index contributed by atoms with van der Waals surface area (Å²) in [7, 11) is -0.765. The second-order valence-corrected chi connectivity index (χ2v) is 8.89. The maximum atomic E-state index is 12.3. The van der Waals surface area contributed by atoms with E-state index in [2.05, 4.69) is 5.32 Å². The van der Waals surface area contributed by atoms with Gasteiger partial charge in [0.1, 0.15) is 5.75 Å². The van der Waals surface area contributed by atoms with Gasteiger partial charge >= 0.3 is 0 Å². The van der Waals surface area contributed by atoms with Crippen molar-refractivity contribution in [3.63, 3.8) is 0 Å². The normalized spacial score (nSPS) is 11.4. The smallest absolute Gasteiger partial charge is 0.262 e. The number of hydrogen-bond acceptors (Lipinski definition) is 5. The zero-order chi connectivity index (χ0) is 21.1. The lowest BCUT2D eigenvalue weighted by Gasteiger charge is -2.15. The largest absolute Gasteiger partial charge is 0.483 e. The van der Waals surface area contributed by atoms with Crippen molar-refractivity contribution < 1.29 is 22.7 Å². The molecule has 0 saturated heterocycles. The Bertz CT molecular complexity index is 1020. The van der Waals surface area contributed by atoms with Gasteiger partial charge in [0.25, 0.3) is 5.91 Å². The Morgan fingerprint density at radius 2 is 1.82 bits per heavy atom. The number of carbonyl (C=O) groups is 2. The Kier molecular flexibility index (Phi) is 6.82. The number of hydrogen-bond donors (Lipinski definition) is 1. The summed E-state index contributed by atoms with van der Waals surface area (Å²) in [4.78, 5) is 24.0. The minimum absolute atomic E-state index is 0.0656. The molecule has 0 fully saturated rings. The maximum absolute atomic E-state index is 12.3. The molecule has 2 aromatic carbocycles. The van der Waals surface area contributed by atoms with E-state index in [4.69, 9.17) is 16.3 Å². The van der Waals surface area contributed by atoms with Gasteiger partial charge in [0.05, 0.1) is 10.5 Å². The summed E-state index contributed by atoms with van der Waals surface area (Å²) in [6, 6.07) is 9.02. The third kappa shape index (κ3) is 5.09. The number of carbonyl (C=O) groups excluding carboxylic acids is 2. The van der Waals surface area contributed by atoms with Crippen LogP contribution in [0.25, 0.3) is 0 Å². The average molecular weight is 425 g/mol. The van der Waals surface area contributed by atoms with Gasteiger partial charge in [-0.3, -0.25) is 9.59 Å². The van der Waals surface area contributed by atoms with Crippen LogP contribution in [-0.2, 0) is 14.8 Å². The molecule has 0 bridgehead atoms. The number of benzene rings is 2. The third-order valence-corrected chi connectivity index (χ3v) is 5.99. The molecule has 150 valence electrons. The molecule has 7 nitrogen and oxygen atoms in total. The highest BCUT2D eigenvalue weighted by molar-refractivity contribution is 7.89. The minimum atomic E-state index is -3.63. The first-order chi connectivity index (χ1) is 13.0. The summed E-state index contributed by atoms with van der Waals surface area (Å²) >= 11 is 5.88. The van der Waals surface area contributed by atoms with Crippen LogP contribution in [0.5, 0.6) is 5.75 Å². The number of rotatable bonds is 7. The van der Waals surface area contributed by atoms with Gasteiger partial charge in [-0.25, -0.2) is 12.7 Å². The zero-order valence-corrected chi connectivity index (χ0v) is 17.5. The summed E-state index contributed by atoms with van der Waals surface area (Å²) < 4.78 is 31.1. The number of nitrogens with one attached hydrogen (secondary N) is 1. The van der Waals surface area contributed by atoms with Crippen LogP contribution in [0.3, 0.4) is 0 Å². The molecule has 0 heterocycles. The van der Waals surface area contributed by atoms with Crippen molar-refractivity contribution >= 4 is 39.0 Å². The van der Waals surface area contributed by atoms with Crippen LogP contribution in [0.4, 0.5) is 5.69 Å². The van der Waals surface area contributed by atoms with E-state index in [0.717, 1.165) is 4.31 Å². The lowest BCUT2D eigenvalue weighted by Crippen LogP contribution is -2.23. The van der Waals surface area contributed by atoms with Gasteiger partial charge in [0.15, 0.2) is 12.4 Å². The molecule has 1 N–H and O–H groups in total. The molecule has 0 atom stereocenters. The molecular weight excluding hydrogens is 404 g/mol. The van der Waals surface area contributed by atoms with Crippen LogP contribution < -0.4 is 10.1 Å². The summed E-state index contributed by atoms with van der Waals surface area (Å²) in [5.41, 5.74) is 1.33. The van der Waals surface area contributed by atoms with Gasteiger partial charge in [0.2, 0.25) is 10.0 Å². The molecule has 28 heavy (non-hydrogen) atoms. The van der Waals surface area contributed by atoms with Gasteiger partial charge in [-0.15, -0.1) is 0 Å². The standard InChI is InChI=1S/C19H21ClN2O5S/c1-12-5-7-15(28(25,26)22(3)4)10-17(12)21-19(24)11-27-18-8-6-14(20)9-16(18)13(2)23/h5-10H,11H2,1-4H3,(H,21,24). The summed E-state index contributed by atoms with van der Waals surface area (Å²) in [6.07, 6.45) is 0. The molecule has 0 spiro atoms. The highest BCUT2D eigenvalue weighted by Crippen LogP contribution is 2.24. The third-order valence-electron chi connectivity index (χ3n) is 3.94. The van der Waals surface area contributed by atoms with Crippen LogP contribution in [0.2, 0.25) is 5.02 Å². The molecule has 0 aliphatic carbocycles. The average Bonchev–Trinajstić information content (AvgIpc) is 2.62. The zero-order valence-electron chi connectivity index (χ0n) is 15.9. The van der Waals surface area contributed by atoms with Crippen molar-refractivity contribution in [1.82, 2.24) is 4.31 Å². The highest BCUT2D eigenvalue weighted by Gasteiger charge is 2.19. The first-order valence-electron chi connectivity index (χ1n) is 8.28. The summed E-state index contributed by atoms with van der Waals surface area (Å²) in [5, 5.41) is 3.02. The Morgan fingerprint density at radius 1 is 1.14 bits per heavy atom. The predicted molar refractivity (Wildman–Crippen MR) is 108 cm³/mol. The molecule has 0 aromatic heterocycles. The number of ketones is 1. The van der Waals surface area contributed by atoms with Crippen LogP contribution >= 0.6 is 11.6 Å². The highest BCUT2D eigenvalue weighted by atomic mass is 35.5. The van der Waals surface area contributed by atoms with E-state index in [1.807, 2.05) is 0 Å². The fourth-order valence-electron chi connectivity index (χ4n) is 2.34. The second-order valence-electron chi connectivity index (χ2n) is 6.30. The molecule has 2 aromatic rings. The number of amides is 1. The fourth-order valence-corrected chi connectivity index (χ4v) is 3.44. The maximum Gasteiger partial charge on any atom is 0.262 e. The molecule has 1 amide bonds. The van der Waals surface area contributed by atoms with Crippen LogP contribution in [0, 0.1) is 6.92 Å². The molecular formula is C19H21ClN2O5S. The van der Waals surface area contributed by atoms with E-state index in [0.29, 0.717) is 16.3 Å². The van der Waals surface area contributed by atoms with Gasteiger partial charge in [-0.2, -0.15) is 0 Å². The van der Waals surface area contributed by atoms with Gasteiger partial charge in [-0.1, -0.05) is 17.7 Å².